The number of aryl methyl sites for hydroxylation is 1. The molecule has 11 heteroatoms. The largest absolute Gasteiger partial charge is 0.493 e. The highest BCUT2D eigenvalue weighted by Gasteiger charge is 2.35. The minimum Gasteiger partial charge on any atom is -0.493 e. The number of carbonyl (C=O) groups excluding carboxylic acids is 1. The van der Waals surface area contributed by atoms with Gasteiger partial charge in [0.05, 0.1) is 31.8 Å². The number of hydrogen-bond acceptors (Lipinski definition) is 9. The number of nitrogens with one attached hydrogen (secondary N) is 2. The number of aromatic nitrogens is 4. The topological polar surface area (TPSA) is 132 Å². The molecule has 0 bridgehead atoms. The van der Waals surface area contributed by atoms with Gasteiger partial charge in [-0.2, -0.15) is 15.0 Å². The van der Waals surface area contributed by atoms with Crippen molar-refractivity contribution in [3.05, 3.63) is 39.9 Å². The van der Waals surface area contributed by atoms with Crippen LogP contribution in [0, 0.1) is 6.92 Å². The summed E-state index contributed by atoms with van der Waals surface area (Å²) >= 11 is 0. The van der Waals surface area contributed by atoms with E-state index in [1.807, 2.05) is 19.9 Å². The fraction of sp³-hybridized carbons (Fsp3) is 0.409. The lowest BCUT2D eigenvalue weighted by atomic mass is 10.1. The Morgan fingerprint density at radius 2 is 2.03 bits per heavy atom. The highest BCUT2D eigenvalue weighted by molar-refractivity contribution is 5.88. The normalized spacial score (nSPS) is 16.6. The average Bonchev–Trinajstić information content (AvgIpc) is 3.17. The number of cyclic esters (lactones) is 1. The van der Waals surface area contributed by atoms with Crippen molar-refractivity contribution in [2.45, 2.75) is 39.3 Å². The van der Waals surface area contributed by atoms with Gasteiger partial charge in [-0.3, -0.25) is 4.79 Å². The molecule has 0 aliphatic carbocycles. The molecule has 1 aliphatic rings. The Balaban J connectivity index is 1.67. The number of H-pyrrole nitrogens is 1. The van der Waals surface area contributed by atoms with Gasteiger partial charge in [0.25, 0.3) is 5.56 Å². The summed E-state index contributed by atoms with van der Waals surface area (Å²) in [5.41, 5.74) is 0.754. The van der Waals surface area contributed by atoms with Gasteiger partial charge in [0, 0.05) is 10.9 Å². The molecular weight excluding hydrogens is 428 g/mol. The number of carbonyl (C=O) groups is 1. The van der Waals surface area contributed by atoms with Crippen molar-refractivity contribution >= 4 is 28.9 Å². The Morgan fingerprint density at radius 1 is 1.24 bits per heavy atom. The van der Waals surface area contributed by atoms with Crippen LogP contribution >= 0.6 is 0 Å². The minimum atomic E-state index is -0.484. The zero-order chi connectivity index (χ0) is 23.7. The Kier molecular flexibility index (Phi) is 6.03. The Hall–Kier alpha value is -3.89. The van der Waals surface area contributed by atoms with Crippen LogP contribution in [0.4, 0.5) is 16.7 Å². The molecule has 1 amide bonds. The van der Waals surface area contributed by atoms with Gasteiger partial charge >= 0.3 is 6.09 Å². The van der Waals surface area contributed by atoms with Gasteiger partial charge in [-0.25, -0.2) is 9.69 Å². The number of nitrogens with zero attached hydrogens (tertiary/aromatic N) is 4. The second kappa shape index (κ2) is 8.93. The number of fused-ring (bicyclic) bond motifs is 1. The standard InChI is InChI=1S/C22H26N6O5/c1-6-14-10-33-22(30)28(14)21-25-12(3)24-20(27-21)23-11(2)15-9-13-7-8-16(31-4)18(32-5)17(13)26-19(15)29/h7-9,11,14H,6,10H2,1-5H3,(H,26,29)(H,23,24,25,27)/t11-,14-/m0/s1. The fourth-order valence-corrected chi connectivity index (χ4v) is 3.85. The molecule has 2 N–H and O–H groups in total. The molecule has 1 aliphatic heterocycles. The fourth-order valence-electron chi connectivity index (χ4n) is 3.85. The lowest BCUT2D eigenvalue weighted by molar-refractivity contribution is 0.178. The lowest BCUT2D eigenvalue weighted by Crippen LogP contribution is -2.35. The summed E-state index contributed by atoms with van der Waals surface area (Å²) in [5.74, 6) is 1.90. The van der Waals surface area contributed by atoms with E-state index >= 15 is 0 Å². The van der Waals surface area contributed by atoms with Crippen molar-refractivity contribution in [3.63, 3.8) is 0 Å². The minimum absolute atomic E-state index is 0.139. The molecule has 0 radical (unpaired) electrons. The van der Waals surface area contributed by atoms with Crippen LogP contribution < -0.4 is 25.2 Å². The molecule has 4 rings (SSSR count). The number of pyridine rings is 1. The summed E-state index contributed by atoms with van der Waals surface area (Å²) in [6, 6.07) is 4.83. The van der Waals surface area contributed by atoms with E-state index < -0.39 is 12.1 Å². The van der Waals surface area contributed by atoms with Crippen molar-refractivity contribution in [1.29, 1.82) is 0 Å². The van der Waals surface area contributed by atoms with Crippen molar-refractivity contribution < 1.29 is 19.0 Å². The van der Waals surface area contributed by atoms with E-state index in [4.69, 9.17) is 14.2 Å². The van der Waals surface area contributed by atoms with Crippen LogP contribution in [-0.2, 0) is 4.74 Å². The molecule has 0 unspecified atom stereocenters. The summed E-state index contributed by atoms with van der Waals surface area (Å²) in [4.78, 5) is 42.5. The first-order valence-electron chi connectivity index (χ1n) is 10.6. The van der Waals surface area contributed by atoms with E-state index in [0.717, 1.165) is 5.39 Å². The van der Waals surface area contributed by atoms with Crippen molar-refractivity contribution in [1.82, 2.24) is 19.9 Å². The molecule has 2 atom stereocenters. The molecule has 1 fully saturated rings. The maximum atomic E-state index is 12.9. The summed E-state index contributed by atoms with van der Waals surface area (Å²) in [5, 5.41) is 3.94. The van der Waals surface area contributed by atoms with Crippen molar-refractivity contribution in [2.24, 2.45) is 0 Å². The molecule has 1 saturated heterocycles. The number of ether oxygens (including phenoxy) is 3. The summed E-state index contributed by atoms with van der Waals surface area (Å²) in [6.45, 7) is 5.80. The number of hydrogen-bond donors (Lipinski definition) is 2. The highest BCUT2D eigenvalue weighted by Crippen LogP contribution is 2.34. The van der Waals surface area contributed by atoms with Gasteiger partial charge in [-0.1, -0.05) is 6.92 Å². The van der Waals surface area contributed by atoms with Crippen LogP contribution in [-0.4, -0.2) is 52.9 Å². The molecule has 3 heterocycles. The van der Waals surface area contributed by atoms with E-state index in [1.54, 1.807) is 19.1 Å². The van der Waals surface area contributed by atoms with Crippen molar-refractivity contribution in [2.75, 3.05) is 31.0 Å². The highest BCUT2D eigenvalue weighted by atomic mass is 16.6. The number of benzene rings is 1. The van der Waals surface area contributed by atoms with Crippen molar-refractivity contribution in [3.8, 4) is 11.5 Å². The van der Waals surface area contributed by atoms with E-state index in [0.29, 0.717) is 41.4 Å². The molecule has 0 spiro atoms. The molecular formula is C22H26N6O5. The van der Waals surface area contributed by atoms with E-state index in [-0.39, 0.29) is 23.5 Å². The second-order valence-electron chi connectivity index (χ2n) is 7.70. The number of anilines is 2. The van der Waals surface area contributed by atoms with E-state index in [2.05, 4.69) is 25.3 Å². The van der Waals surface area contributed by atoms with Crippen LogP contribution in [0.25, 0.3) is 10.9 Å². The Morgan fingerprint density at radius 3 is 2.73 bits per heavy atom. The second-order valence-corrected chi connectivity index (χ2v) is 7.70. The SMILES string of the molecule is CC[C@H]1COC(=O)N1c1nc(C)nc(N[C@@H](C)c2cc3ccc(OC)c(OC)c3[nH]c2=O)n1. The third-order valence-electron chi connectivity index (χ3n) is 5.58. The van der Waals surface area contributed by atoms with Gasteiger partial charge < -0.3 is 24.5 Å². The third-order valence-corrected chi connectivity index (χ3v) is 5.58. The zero-order valence-electron chi connectivity index (χ0n) is 19.1. The zero-order valence-corrected chi connectivity index (χ0v) is 19.1. The molecule has 33 heavy (non-hydrogen) atoms. The van der Waals surface area contributed by atoms with Crippen LogP contribution in [0.2, 0.25) is 0 Å². The average molecular weight is 454 g/mol. The molecule has 2 aromatic heterocycles. The van der Waals surface area contributed by atoms with E-state index in [9.17, 15) is 9.59 Å². The Labute approximate surface area is 190 Å². The van der Waals surface area contributed by atoms with Gasteiger partial charge in [0.15, 0.2) is 11.5 Å². The first kappa shape index (κ1) is 22.3. The third kappa shape index (κ3) is 4.13. The predicted molar refractivity (Wildman–Crippen MR) is 122 cm³/mol. The Bertz CT molecular complexity index is 1260. The number of amides is 1. The number of rotatable bonds is 7. The van der Waals surface area contributed by atoms with Gasteiger partial charge in [0.2, 0.25) is 11.9 Å². The van der Waals surface area contributed by atoms with Crippen LogP contribution in [0.3, 0.4) is 0 Å². The summed E-state index contributed by atoms with van der Waals surface area (Å²) < 4.78 is 15.9. The maximum Gasteiger partial charge on any atom is 0.417 e. The first-order valence-corrected chi connectivity index (χ1v) is 10.6. The molecule has 174 valence electrons. The van der Waals surface area contributed by atoms with Gasteiger partial charge in [-0.05, 0) is 38.5 Å². The monoisotopic (exact) mass is 454 g/mol. The molecule has 3 aromatic rings. The number of methoxy groups -OCH3 is 2. The predicted octanol–water partition coefficient (Wildman–Crippen LogP) is 2.95. The van der Waals surface area contributed by atoms with Crippen LogP contribution in [0.15, 0.2) is 23.0 Å². The first-order chi connectivity index (χ1) is 15.9. The molecule has 0 saturated carbocycles. The number of aromatic amines is 1. The summed E-state index contributed by atoms with van der Waals surface area (Å²) in [6.07, 6.45) is 0.220. The molecule has 11 nitrogen and oxygen atoms in total. The van der Waals surface area contributed by atoms with E-state index in [1.165, 1.54) is 19.1 Å². The van der Waals surface area contributed by atoms with Crippen LogP contribution in [0.5, 0.6) is 11.5 Å². The summed E-state index contributed by atoms with van der Waals surface area (Å²) in [7, 11) is 3.06. The quantitative estimate of drug-likeness (QED) is 0.553. The van der Waals surface area contributed by atoms with Gasteiger partial charge in [-0.15, -0.1) is 0 Å². The van der Waals surface area contributed by atoms with Gasteiger partial charge in [0.1, 0.15) is 12.4 Å². The maximum absolute atomic E-state index is 12.9. The van der Waals surface area contributed by atoms with Crippen LogP contribution in [0.1, 0.15) is 37.7 Å². The smallest absolute Gasteiger partial charge is 0.417 e. The lowest BCUT2D eigenvalue weighted by Gasteiger charge is -2.20. The molecule has 1 aromatic carbocycles.